The average Bonchev–Trinajstić information content (AvgIpc) is 3.57. The molecule has 0 saturated heterocycles. The van der Waals surface area contributed by atoms with Gasteiger partial charge in [0, 0.05) is 57.8 Å². The standard InChI is InChI=1S/C34H22N4/c1-2-8-26(9-3-1)37-18-16-28-29-20-33-30(19-23(29)12-14-31(28)37)27-10-4-5-11-32(27)38(33)34-15-13-25(22-36-34)24-7-6-17-35-21-24/h1-22H. The molecule has 0 saturated carbocycles. The monoisotopic (exact) mass is 486 g/mol. The number of aromatic nitrogens is 4. The van der Waals surface area contributed by atoms with Crippen molar-refractivity contribution in [2.75, 3.05) is 0 Å². The van der Waals surface area contributed by atoms with E-state index in [-0.39, 0.29) is 0 Å². The van der Waals surface area contributed by atoms with E-state index in [9.17, 15) is 0 Å². The normalized spacial score (nSPS) is 11.7. The van der Waals surface area contributed by atoms with Crippen LogP contribution in [0, 0.1) is 0 Å². The second-order valence-corrected chi connectivity index (χ2v) is 9.61. The maximum Gasteiger partial charge on any atom is 0.137 e. The topological polar surface area (TPSA) is 35.6 Å². The van der Waals surface area contributed by atoms with Gasteiger partial charge in [0.2, 0.25) is 0 Å². The Morgan fingerprint density at radius 3 is 2.21 bits per heavy atom. The SMILES string of the molecule is c1ccc(-n2ccc3c4cc5c(cc4ccc32)c2ccccc2n5-c2ccc(-c3cccnc3)cn2)cc1. The molecule has 4 nitrogen and oxygen atoms in total. The van der Waals surface area contributed by atoms with Crippen molar-refractivity contribution in [1.29, 1.82) is 0 Å². The van der Waals surface area contributed by atoms with Crippen LogP contribution in [0.15, 0.2) is 134 Å². The molecule has 8 aromatic rings. The number of rotatable bonds is 3. The minimum absolute atomic E-state index is 0.900. The first kappa shape index (κ1) is 20.9. The van der Waals surface area contributed by atoms with Crippen LogP contribution >= 0.6 is 0 Å². The average molecular weight is 487 g/mol. The molecule has 0 N–H and O–H groups in total. The minimum atomic E-state index is 0.900. The maximum atomic E-state index is 4.92. The molecule has 4 heterocycles. The Morgan fingerprint density at radius 1 is 0.526 bits per heavy atom. The molecule has 4 heteroatoms. The Hall–Kier alpha value is -5.22. The second kappa shape index (κ2) is 8.15. The smallest absolute Gasteiger partial charge is 0.137 e. The van der Waals surface area contributed by atoms with Gasteiger partial charge < -0.3 is 4.57 Å². The van der Waals surface area contributed by atoms with E-state index in [4.69, 9.17) is 4.98 Å². The van der Waals surface area contributed by atoms with E-state index in [0.29, 0.717) is 0 Å². The summed E-state index contributed by atoms with van der Waals surface area (Å²) in [4.78, 5) is 9.17. The van der Waals surface area contributed by atoms with Crippen molar-refractivity contribution >= 4 is 43.5 Å². The number of hydrogen-bond acceptors (Lipinski definition) is 2. The fourth-order valence-corrected chi connectivity index (χ4v) is 5.70. The highest BCUT2D eigenvalue weighted by atomic mass is 15.1. The lowest BCUT2D eigenvalue weighted by atomic mass is 10.0. The van der Waals surface area contributed by atoms with E-state index in [1.54, 1.807) is 6.20 Å². The molecule has 0 unspecified atom stereocenters. The quantitative estimate of drug-likeness (QED) is 0.252. The fraction of sp³-hybridized carbons (Fsp3) is 0. The summed E-state index contributed by atoms with van der Waals surface area (Å²) in [7, 11) is 0. The first-order chi connectivity index (χ1) is 18.8. The Morgan fingerprint density at radius 2 is 1.37 bits per heavy atom. The summed E-state index contributed by atoms with van der Waals surface area (Å²) in [5.41, 5.74) is 6.78. The molecule has 0 aliphatic heterocycles. The number of hydrogen-bond donors (Lipinski definition) is 0. The van der Waals surface area contributed by atoms with Crippen molar-refractivity contribution in [2.45, 2.75) is 0 Å². The molecule has 8 rings (SSSR count). The summed E-state index contributed by atoms with van der Waals surface area (Å²) in [5, 5.41) is 6.17. The van der Waals surface area contributed by atoms with Gasteiger partial charge in [-0.1, -0.05) is 48.5 Å². The Bertz CT molecular complexity index is 2100. The largest absolute Gasteiger partial charge is 0.317 e. The van der Waals surface area contributed by atoms with Crippen molar-refractivity contribution in [3.63, 3.8) is 0 Å². The summed E-state index contributed by atoms with van der Waals surface area (Å²) in [6.45, 7) is 0. The Kier molecular flexibility index (Phi) is 4.49. The molecule has 4 aromatic heterocycles. The molecule has 0 bridgehead atoms. The molecule has 0 fully saturated rings. The zero-order valence-corrected chi connectivity index (χ0v) is 20.5. The van der Waals surface area contributed by atoms with Gasteiger partial charge in [0.1, 0.15) is 5.82 Å². The lowest BCUT2D eigenvalue weighted by molar-refractivity contribution is 1.08. The van der Waals surface area contributed by atoms with Gasteiger partial charge in [-0.05, 0) is 71.4 Å². The number of fused-ring (bicyclic) bond motifs is 6. The van der Waals surface area contributed by atoms with Crippen molar-refractivity contribution in [1.82, 2.24) is 19.1 Å². The van der Waals surface area contributed by atoms with Gasteiger partial charge in [0.05, 0.1) is 16.6 Å². The van der Waals surface area contributed by atoms with Crippen molar-refractivity contribution in [3.05, 3.63) is 134 Å². The summed E-state index contributed by atoms with van der Waals surface area (Å²) in [6.07, 6.45) is 7.76. The molecule has 0 spiro atoms. The highest BCUT2D eigenvalue weighted by Crippen LogP contribution is 2.37. The third-order valence-electron chi connectivity index (χ3n) is 7.49. The number of para-hydroxylation sites is 2. The molecule has 178 valence electrons. The predicted molar refractivity (Wildman–Crippen MR) is 156 cm³/mol. The van der Waals surface area contributed by atoms with E-state index in [1.165, 1.54) is 32.4 Å². The van der Waals surface area contributed by atoms with Gasteiger partial charge >= 0.3 is 0 Å². The molecule has 0 amide bonds. The van der Waals surface area contributed by atoms with Gasteiger partial charge in [-0.25, -0.2) is 4.98 Å². The first-order valence-corrected chi connectivity index (χ1v) is 12.7. The third-order valence-corrected chi connectivity index (χ3v) is 7.49. The Balaban J connectivity index is 1.38. The highest BCUT2D eigenvalue weighted by Gasteiger charge is 2.16. The van der Waals surface area contributed by atoms with E-state index < -0.39 is 0 Å². The van der Waals surface area contributed by atoms with E-state index in [2.05, 4.69) is 123 Å². The zero-order valence-electron chi connectivity index (χ0n) is 20.5. The van der Waals surface area contributed by atoms with Crippen LogP contribution in [0.25, 0.3) is 66.1 Å². The molecule has 38 heavy (non-hydrogen) atoms. The van der Waals surface area contributed by atoms with Gasteiger partial charge in [-0.3, -0.25) is 9.55 Å². The van der Waals surface area contributed by atoms with Gasteiger partial charge in [0.25, 0.3) is 0 Å². The summed E-state index contributed by atoms with van der Waals surface area (Å²) in [6, 6.07) is 38.7. The van der Waals surface area contributed by atoms with Crippen molar-refractivity contribution in [2.24, 2.45) is 0 Å². The van der Waals surface area contributed by atoms with E-state index in [1.807, 2.05) is 18.5 Å². The van der Waals surface area contributed by atoms with Gasteiger partial charge in [0.15, 0.2) is 0 Å². The van der Waals surface area contributed by atoms with Crippen molar-refractivity contribution < 1.29 is 0 Å². The number of nitrogens with zero attached hydrogens (tertiary/aromatic N) is 4. The lowest BCUT2D eigenvalue weighted by Gasteiger charge is -2.10. The molecule has 0 aliphatic rings. The van der Waals surface area contributed by atoms with Gasteiger partial charge in [-0.15, -0.1) is 0 Å². The summed E-state index contributed by atoms with van der Waals surface area (Å²) < 4.78 is 4.54. The number of benzene rings is 4. The van der Waals surface area contributed by atoms with Crippen LogP contribution < -0.4 is 0 Å². The summed E-state index contributed by atoms with van der Waals surface area (Å²) >= 11 is 0. The molecular formula is C34H22N4. The highest BCUT2D eigenvalue weighted by molar-refractivity contribution is 6.18. The lowest BCUT2D eigenvalue weighted by Crippen LogP contribution is -1.97. The van der Waals surface area contributed by atoms with Crippen LogP contribution in [-0.4, -0.2) is 19.1 Å². The minimum Gasteiger partial charge on any atom is -0.317 e. The van der Waals surface area contributed by atoms with Crippen LogP contribution in [0.2, 0.25) is 0 Å². The second-order valence-electron chi connectivity index (χ2n) is 9.61. The number of pyridine rings is 2. The van der Waals surface area contributed by atoms with Crippen molar-refractivity contribution in [3.8, 4) is 22.6 Å². The first-order valence-electron chi connectivity index (χ1n) is 12.7. The third kappa shape index (κ3) is 3.10. The van der Waals surface area contributed by atoms with Crippen LogP contribution in [0.1, 0.15) is 0 Å². The molecule has 0 atom stereocenters. The van der Waals surface area contributed by atoms with Crippen LogP contribution in [-0.2, 0) is 0 Å². The molecule has 4 aromatic carbocycles. The molecule has 0 radical (unpaired) electrons. The maximum absolute atomic E-state index is 4.92. The zero-order chi connectivity index (χ0) is 25.1. The predicted octanol–water partition coefficient (Wildman–Crippen LogP) is 8.34. The van der Waals surface area contributed by atoms with Crippen LogP contribution in [0.5, 0.6) is 0 Å². The van der Waals surface area contributed by atoms with Crippen LogP contribution in [0.4, 0.5) is 0 Å². The fourth-order valence-electron chi connectivity index (χ4n) is 5.70. The molecular weight excluding hydrogens is 464 g/mol. The van der Waals surface area contributed by atoms with Crippen LogP contribution in [0.3, 0.4) is 0 Å². The van der Waals surface area contributed by atoms with E-state index in [0.717, 1.165) is 33.7 Å². The Labute approximate surface area is 219 Å². The van der Waals surface area contributed by atoms with Gasteiger partial charge in [-0.2, -0.15) is 0 Å². The summed E-state index contributed by atoms with van der Waals surface area (Å²) in [5.74, 6) is 0.900. The van der Waals surface area contributed by atoms with E-state index >= 15 is 0 Å². The molecule has 0 aliphatic carbocycles.